The highest BCUT2D eigenvalue weighted by atomic mass is 35.5. The number of carbonyl (C=O) groups is 2. The lowest BCUT2D eigenvalue weighted by Crippen LogP contribution is -2.35. The van der Waals surface area contributed by atoms with Crippen LogP contribution in [-0.4, -0.2) is 18.0 Å². The van der Waals surface area contributed by atoms with Gasteiger partial charge in [0.05, 0.1) is 5.02 Å². The first kappa shape index (κ1) is 19.6. The monoisotopic (exact) mass is 379 g/mol. The first-order chi connectivity index (χ1) is 12.3. The minimum atomic E-state index is -1.01. The van der Waals surface area contributed by atoms with Gasteiger partial charge in [-0.05, 0) is 48.4 Å². The van der Waals surface area contributed by atoms with E-state index in [0.29, 0.717) is 11.1 Å². The molecule has 1 amide bonds. The molecule has 26 heavy (non-hydrogen) atoms. The van der Waals surface area contributed by atoms with E-state index in [0.717, 1.165) is 6.08 Å². The lowest BCUT2D eigenvalue weighted by molar-refractivity contribution is -0.150. The second-order valence-electron chi connectivity index (χ2n) is 5.43. The molecule has 2 aromatic carbocycles. The molecule has 0 spiro atoms. The van der Waals surface area contributed by atoms with Crippen molar-refractivity contribution in [2.24, 2.45) is 0 Å². The van der Waals surface area contributed by atoms with Gasteiger partial charge in [-0.25, -0.2) is 13.6 Å². The predicted octanol–water partition coefficient (Wildman–Crippen LogP) is 3.88. The van der Waals surface area contributed by atoms with E-state index in [9.17, 15) is 18.4 Å². The first-order valence-corrected chi connectivity index (χ1v) is 8.09. The third-order valence-electron chi connectivity index (χ3n) is 3.40. The molecule has 0 aliphatic heterocycles. The number of halogens is 3. The fourth-order valence-corrected chi connectivity index (χ4v) is 2.17. The van der Waals surface area contributed by atoms with Crippen molar-refractivity contribution in [2.45, 2.75) is 19.6 Å². The highest BCUT2D eigenvalue weighted by Crippen LogP contribution is 2.16. The standard InChI is InChI=1S/C19H16ClF2NO3/c1-12(19(25)23-11-14-2-6-15(21)7-3-14)26-18(24)9-5-13-4-8-17(22)16(20)10-13/h2-10,12H,11H2,1H3,(H,23,25)/b9-5+/t12-/m0/s1. The fourth-order valence-electron chi connectivity index (χ4n) is 1.98. The van der Waals surface area contributed by atoms with Crippen molar-refractivity contribution in [3.63, 3.8) is 0 Å². The molecule has 7 heteroatoms. The maximum atomic E-state index is 13.1. The van der Waals surface area contributed by atoms with Crippen LogP contribution in [0.4, 0.5) is 8.78 Å². The molecule has 0 fully saturated rings. The van der Waals surface area contributed by atoms with E-state index < -0.39 is 23.8 Å². The van der Waals surface area contributed by atoms with E-state index in [2.05, 4.69) is 5.32 Å². The number of hydrogen-bond donors (Lipinski definition) is 1. The molecule has 0 aliphatic rings. The van der Waals surface area contributed by atoms with E-state index in [-0.39, 0.29) is 17.4 Å². The van der Waals surface area contributed by atoms with Crippen LogP contribution in [0.1, 0.15) is 18.1 Å². The Kier molecular flexibility index (Phi) is 6.86. The van der Waals surface area contributed by atoms with Gasteiger partial charge in [0.15, 0.2) is 6.10 Å². The van der Waals surface area contributed by atoms with Crippen molar-refractivity contribution in [3.8, 4) is 0 Å². The Hall–Kier alpha value is -2.73. The Morgan fingerprint density at radius 3 is 2.54 bits per heavy atom. The molecule has 4 nitrogen and oxygen atoms in total. The molecule has 0 saturated heterocycles. The molecule has 2 rings (SSSR count). The summed E-state index contributed by atoms with van der Waals surface area (Å²) in [6, 6.07) is 9.66. The van der Waals surface area contributed by atoms with Crippen LogP contribution in [0.15, 0.2) is 48.5 Å². The van der Waals surface area contributed by atoms with Gasteiger partial charge in [-0.3, -0.25) is 4.79 Å². The van der Waals surface area contributed by atoms with E-state index in [1.165, 1.54) is 43.3 Å². The smallest absolute Gasteiger partial charge is 0.331 e. The lowest BCUT2D eigenvalue weighted by atomic mass is 10.2. The average Bonchev–Trinajstić information content (AvgIpc) is 2.62. The van der Waals surface area contributed by atoms with Crippen molar-refractivity contribution >= 4 is 29.6 Å². The summed E-state index contributed by atoms with van der Waals surface area (Å²) in [6.45, 7) is 1.62. The maximum Gasteiger partial charge on any atom is 0.331 e. The quantitative estimate of drug-likeness (QED) is 0.612. The van der Waals surface area contributed by atoms with Crippen LogP contribution in [0.3, 0.4) is 0 Å². The molecule has 1 atom stereocenters. The largest absolute Gasteiger partial charge is 0.449 e. The van der Waals surface area contributed by atoms with Crippen molar-refractivity contribution in [1.82, 2.24) is 5.32 Å². The fraction of sp³-hybridized carbons (Fsp3) is 0.158. The third kappa shape index (κ3) is 5.97. The number of esters is 1. The SMILES string of the molecule is C[C@H](OC(=O)/C=C/c1ccc(F)c(Cl)c1)C(=O)NCc1ccc(F)cc1. The molecule has 1 N–H and O–H groups in total. The lowest BCUT2D eigenvalue weighted by Gasteiger charge is -2.12. The molecule has 0 heterocycles. The zero-order valence-corrected chi connectivity index (χ0v) is 14.6. The number of carbonyl (C=O) groups excluding carboxylic acids is 2. The average molecular weight is 380 g/mol. The van der Waals surface area contributed by atoms with Crippen molar-refractivity contribution in [2.75, 3.05) is 0 Å². The van der Waals surface area contributed by atoms with Crippen LogP contribution in [0.2, 0.25) is 5.02 Å². The minimum Gasteiger partial charge on any atom is -0.449 e. The normalized spacial score (nSPS) is 12.0. The minimum absolute atomic E-state index is 0.0611. The van der Waals surface area contributed by atoms with Crippen LogP contribution in [0.25, 0.3) is 6.08 Å². The van der Waals surface area contributed by atoms with Crippen LogP contribution < -0.4 is 5.32 Å². The summed E-state index contributed by atoms with van der Waals surface area (Å²) in [5.41, 5.74) is 1.23. The molecule has 0 bridgehead atoms. The molecule has 136 valence electrons. The Labute approximate surface area is 154 Å². The second-order valence-corrected chi connectivity index (χ2v) is 5.84. The van der Waals surface area contributed by atoms with Gasteiger partial charge in [0.25, 0.3) is 5.91 Å². The summed E-state index contributed by atoms with van der Waals surface area (Å²) in [6.07, 6.45) is 1.51. The third-order valence-corrected chi connectivity index (χ3v) is 3.69. The van der Waals surface area contributed by atoms with E-state index in [1.807, 2.05) is 0 Å². The van der Waals surface area contributed by atoms with Crippen molar-refractivity contribution in [3.05, 3.63) is 76.3 Å². The van der Waals surface area contributed by atoms with E-state index in [1.54, 1.807) is 12.1 Å². The molecular formula is C19H16ClF2NO3. The van der Waals surface area contributed by atoms with E-state index in [4.69, 9.17) is 16.3 Å². The number of benzene rings is 2. The molecule has 0 aromatic heterocycles. The summed E-state index contributed by atoms with van der Waals surface area (Å²) in [4.78, 5) is 23.7. The van der Waals surface area contributed by atoms with Gasteiger partial charge in [0.1, 0.15) is 11.6 Å². The topological polar surface area (TPSA) is 55.4 Å². The van der Waals surface area contributed by atoms with E-state index >= 15 is 0 Å². The van der Waals surface area contributed by atoms with Crippen molar-refractivity contribution in [1.29, 1.82) is 0 Å². The number of nitrogens with one attached hydrogen (secondary N) is 1. The summed E-state index contributed by atoms with van der Waals surface area (Å²) in [7, 11) is 0. The van der Waals surface area contributed by atoms with Gasteiger partial charge in [-0.2, -0.15) is 0 Å². The Balaban J connectivity index is 1.83. The summed E-state index contributed by atoms with van der Waals surface area (Å²) < 4.78 is 30.9. The number of amides is 1. The first-order valence-electron chi connectivity index (χ1n) is 7.71. The molecule has 0 unspecified atom stereocenters. The number of rotatable bonds is 6. The molecule has 0 saturated carbocycles. The predicted molar refractivity (Wildman–Crippen MR) is 94.2 cm³/mol. The van der Waals surface area contributed by atoms with Crippen LogP contribution in [0.5, 0.6) is 0 Å². The van der Waals surface area contributed by atoms with Crippen LogP contribution in [-0.2, 0) is 20.9 Å². The highest BCUT2D eigenvalue weighted by molar-refractivity contribution is 6.30. The van der Waals surface area contributed by atoms with Gasteiger partial charge < -0.3 is 10.1 Å². The van der Waals surface area contributed by atoms with Gasteiger partial charge in [0, 0.05) is 12.6 Å². The van der Waals surface area contributed by atoms with Crippen molar-refractivity contribution < 1.29 is 23.1 Å². The molecule has 0 radical (unpaired) electrons. The summed E-state index contributed by atoms with van der Waals surface area (Å²) in [5, 5.41) is 2.53. The summed E-state index contributed by atoms with van der Waals surface area (Å²) in [5.74, 6) is -2.13. The number of hydrogen-bond acceptors (Lipinski definition) is 3. The molecular weight excluding hydrogens is 364 g/mol. The Morgan fingerprint density at radius 1 is 1.19 bits per heavy atom. The van der Waals surface area contributed by atoms with Crippen LogP contribution >= 0.6 is 11.6 Å². The Bertz CT molecular complexity index is 822. The van der Waals surface area contributed by atoms with Gasteiger partial charge >= 0.3 is 5.97 Å². The molecule has 2 aromatic rings. The Morgan fingerprint density at radius 2 is 1.88 bits per heavy atom. The van der Waals surface area contributed by atoms with Crippen LogP contribution in [0, 0.1) is 11.6 Å². The van der Waals surface area contributed by atoms with Gasteiger partial charge in [0.2, 0.25) is 0 Å². The second kappa shape index (κ2) is 9.10. The highest BCUT2D eigenvalue weighted by Gasteiger charge is 2.16. The number of ether oxygens (including phenoxy) is 1. The van der Waals surface area contributed by atoms with Gasteiger partial charge in [-0.1, -0.05) is 29.8 Å². The zero-order chi connectivity index (χ0) is 19.1. The van der Waals surface area contributed by atoms with Gasteiger partial charge in [-0.15, -0.1) is 0 Å². The zero-order valence-electron chi connectivity index (χ0n) is 13.8. The molecule has 0 aliphatic carbocycles. The maximum absolute atomic E-state index is 13.1. The summed E-state index contributed by atoms with van der Waals surface area (Å²) >= 11 is 5.65.